The van der Waals surface area contributed by atoms with Crippen LogP contribution in [0.4, 0.5) is 0 Å². The first-order chi connectivity index (χ1) is 10.7. The van der Waals surface area contributed by atoms with Crippen LogP contribution < -0.4 is 5.32 Å². The molecular formula is C15H20N6OS. The summed E-state index contributed by atoms with van der Waals surface area (Å²) in [5.41, 5.74) is 0.936. The third-order valence-electron chi connectivity index (χ3n) is 3.72. The van der Waals surface area contributed by atoms with Crippen molar-refractivity contribution < 1.29 is 4.79 Å². The first-order valence-corrected chi connectivity index (χ1v) is 8.30. The summed E-state index contributed by atoms with van der Waals surface area (Å²) < 4.78 is 1.65. The lowest BCUT2D eigenvalue weighted by Gasteiger charge is -2.27. The van der Waals surface area contributed by atoms with Crippen LogP contribution in [-0.4, -0.2) is 36.8 Å². The van der Waals surface area contributed by atoms with Gasteiger partial charge in [-0.05, 0) is 32.8 Å². The van der Waals surface area contributed by atoms with E-state index in [-0.39, 0.29) is 17.6 Å². The maximum absolute atomic E-state index is 12.1. The molecule has 0 radical (unpaired) electrons. The lowest BCUT2D eigenvalue weighted by Crippen LogP contribution is -2.49. The number of aryl methyl sites for hydroxylation is 2. The number of carbonyl (C=O) groups is 1. The van der Waals surface area contributed by atoms with Crippen LogP contribution in [0, 0.1) is 31.1 Å². The van der Waals surface area contributed by atoms with E-state index in [1.807, 2.05) is 33.8 Å². The third-order valence-corrected chi connectivity index (χ3v) is 4.55. The van der Waals surface area contributed by atoms with Crippen molar-refractivity contribution in [2.24, 2.45) is 5.92 Å². The Morgan fingerprint density at radius 1 is 1.48 bits per heavy atom. The number of nitrogens with zero attached hydrogens (tertiary/aromatic N) is 5. The quantitative estimate of drug-likeness (QED) is 0.840. The van der Waals surface area contributed by atoms with Crippen molar-refractivity contribution in [3.8, 4) is 6.07 Å². The summed E-state index contributed by atoms with van der Waals surface area (Å²) in [4.78, 5) is 20.7. The zero-order chi connectivity index (χ0) is 17.2. The second-order valence-electron chi connectivity index (χ2n) is 5.95. The molecule has 0 unspecified atom stereocenters. The molecule has 0 bridgehead atoms. The lowest BCUT2D eigenvalue weighted by atomic mass is 9.90. The Balaban J connectivity index is 2.05. The highest BCUT2D eigenvalue weighted by Gasteiger charge is 2.29. The van der Waals surface area contributed by atoms with Crippen LogP contribution in [0.1, 0.15) is 32.2 Å². The van der Waals surface area contributed by atoms with Crippen molar-refractivity contribution in [3.05, 3.63) is 17.5 Å². The Hall–Kier alpha value is -2.14. The van der Waals surface area contributed by atoms with Crippen molar-refractivity contribution in [3.63, 3.8) is 0 Å². The summed E-state index contributed by atoms with van der Waals surface area (Å²) >= 11 is 1.23. The Labute approximate surface area is 139 Å². The van der Waals surface area contributed by atoms with Gasteiger partial charge in [-0.2, -0.15) is 10.2 Å². The second kappa shape index (κ2) is 6.54. The van der Waals surface area contributed by atoms with E-state index in [2.05, 4.69) is 26.5 Å². The molecule has 0 aliphatic rings. The molecule has 0 saturated heterocycles. The van der Waals surface area contributed by atoms with Crippen LogP contribution in [-0.2, 0) is 4.79 Å². The van der Waals surface area contributed by atoms with Gasteiger partial charge >= 0.3 is 0 Å². The van der Waals surface area contributed by atoms with E-state index < -0.39 is 5.54 Å². The lowest BCUT2D eigenvalue weighted by molar-refractivity contribution is -0.120. The molecule has 0 fully saturated rings. The Morgan fingerprint density at radius 3 is 2.78 bits per heavy atom. The highest BCUT2D eigenvalue weighted by molar-refractivity contribution is 7.99. The van der Waals surface area contributed by atoms with E-state index in [1.165, 1.54) is 11.8 Å². The van der Waals surface area contributed by atoms with Crippen LogP contribution in [0.5, 0.6) is 0 Å². The van der Waals surface area contributed by atoms with Gasteiger partial charge in [-0.15, -0.1) is 5.10 Å². The van der Waals surface area contributed by atoms with Gasteiger partial charge < -0.3 is 5.32 Å². The SMILES string of the molecule is Cc1cc(C)n2nc(SCC(=O)N[C@@](C)(C#N)C(C)C)nc2n1. The average molecular weight is 332 g/mol. The normalized spacial score (nSPS) is 13.8. The molecule has 0 aliphatic heterocycles. The molecule has 7 nitrogen and oxygen atoms in total. The molecule has 2 aromatic heterocycles. The molecule has 2 rings (SSSR count). The number of nitrogens with one attached hydrogen (secondary N) is 1. The summed E-state index contributed by atoms with van der Waals surface area (Å²) in [5.74, 6) is 0.477. The molecule has 1 amide bonds. The van der Waals surface area contributed by atoms with Gasteiger partial charge in [0.25, 0.3) is 5.78 Å². The van der Waals surface area contributed by atoms with Crippen LogP contribution in [0.15, 0.2) is 11.2 Å². The minimum Gasteiger partial charge on any atom is -0.337 e. The zero-order valence-electron chi connectivity index (χ0n) is 13.9. The predicted octanol–water partition coefficient (Wildman–Crippen LogP) is 1.89. The summed E-state index contributed by atoms with van der Waals surface area (Å²) in [6.07, 6.45) is 0. The first kappa shape index (κ1) is 17.2. The monoisotopic (exact) mass is 332 g/mol. The number of hydrogen-bond acceptors (Lipinski definition) is 6. The smallest absolute Gasteiger partial charge is 0.253 e. The van der Waals surface area contributed by atoms with E-state index in [1.54, 1.807) is 11.4 Å². The molecule has 0 saturated carbocycles. The Kier molecular flexibility index (Phi) is 4.90. The van der Waals surface area contributed by atoms with Gasteiger partial charge in [-0.25, -0.2) is 9.50 Å². The number of rotatable bonds is 5. The second-order valence-corrected chi connectivity index (χ2v) is 6.89. The van der Waals surface area contributed by atoms with Crippen molar-refractivity contribution in [2.45, 2.75) is 45.3 Å². The number of nitriles is 1. The zero-order valence-corrected chi connectivity index (χ0v) is 14.7. The van der Waals surface area contributed by atoms with Gasteiger partial charge in [0.05, 0.1) is 11.8 Å². The van der Waals surface area contributed by atoms with E-state index in [9.17, 15) is 10.1 Å². The van der Waals surface area contributed by atoms with Gasteiger partial charge in [0, 0.05) is 11.4 Å². The van der Waals surface area contributed by atoms with E-state index in [0.717, 1.165) is 11.4 Å². The fourth-order valence-electron chi connectivity index (χ4n) is 1.97. The van der Waals surface area contributed by atoms with E-state index >= 15 is 0 Å². The third kappa shape index (κ3) is 3.79. The summed E-state index contributed by atoms with van der Waals surface area (Å²) in [7, 11) is 0. The summed E-state index contributed by atoms with van der Waals surface area (Å²) in [6.45, 7) is 9.35. The molecule has 0 aromatic carbocycles. The minimum absolute atomic E-state index is 0.0181. The van der Waals surface area contributed by atoms with Gasteiger partial charge in [0.2, 0.25) is 11.1 Å². The number of thioether (sulfide) groups is 1. The number of amides is 1. The van der Waals surface area contributed by atoms with Gasteiger partial charge in [-0.3, -0.25) is 4.79 Å². The molecule has 122 valence electrons. The number of hydrogen-bond donors (Lipinski definition) is 1. The largest absolute Gasteiger partial charge is 0.337 e. The fourth-order valence-corrected chi connectivity index (χ4v) is 2.58. The summed E-state index contributed by atoms with van der Waals surface area (Å²) in [6, 6.07) is 4.08. The molecule has 1 N–H and O–H groups in total. The number of fused-ring (bicyclic) bond motifs is 1. The number of carbonyl (C=O) groups excluding carboxylic acids is 1. The van der Waals surface area contributed by atoms with Crippen LogP contribution in [0.2, 0.25) is 0 Å². The first-order valence-electron chi connectivity index (χ1n) is 7.31. The van der Waals surface area contributed by atoms with Crippen LogP contribution in [0.3, 0.4) is 0 Å². The number of aromatic nitrogens is 4. The minimum atomic E-state index is -0.876. The molecule has 0 spiro atoms. The topological polar surface area (TPSA) is 96.0 Å². The van der Waals surface area contributed by atoms with Gasteiger partial charge in [0.15, 0.2) is 0 Å². The molecule has 8 heteroatoms. The van der Waals surface area contributed by atoms with Crippen molar-refractivity contribution in [2.75, 3.05) is 5.75 Å². The molecular weight excluding hydrogens is 312 g/mol. The van der Waals surface area contributed by atoms with Gasteiger partial charge in [0.1, 0.15) is 5.54 Å². The van der Waals surface area contributed by atoms with Crippen LogP contribution in [0.25, 0.3) is 5.78 Å². The van der Waals surface area contributed by atoms with Gasteiger partial charge in [-0.1, -0.05) is 25.6 Å². The van der Waals surface area contributed by atoms with E-state index in [0.29, 0.717) is 10.9 Å². The maximum atomic E-state index is 12.1. The van der Waals surface area contributed by atoms with Crippen molar-refractivity contribution in [1.29, 1.82) is 5.26 Å². The molecule has 0 aliphatic carbocycles. The highest BCUT2D eigenvalue weighted by atomic mass is 32.2. The molecule has 1 atom stereocenters. The summed E-state index contributed by atoms with van der Waals surface area (Å²) in [5, 5.41) is 16.8. The molecule has 23 heavy (non-hydrogen) atoms. The highest BCUT2D eigenvalue weighted by Crippen LogP contribution is 2.18. The standard InChI is InChI=1S/C15H20N6OS/c1-9(2)15(5,8-16)19-12(22)7-23-14-18-13-17-10(3)6-11(4)21(13)20-14/h6,9H,7H2,1-5H3,(H,19,22)/t15-/m0/s1. The Bertz CT molecular complexity index is 778. The predicted molar refractivity (Wildman–Crippen MR) is 88.0 cm³/mol. The van der Waals surface area contributed by atoms with Crippen molar-refractivity contribution in [1.82, 2.24) is 24.9 Å². The Morgan fingerprint density at radius 2 is 2.17 bits per heavy atom. The average Bonchev–Trinajstić information content (AvgIpc) is 2.88. The van der Waals surface area contributed by atoms with Crippen LogP contribution >= 0.6 is 11.8 Å². The van der Waals surface area contributed by atoms with Crippen molar-refractivity contribution >= 4 is 23.4 Å². The fraction of sp³-hybridized carbons (Fsp3) is 0.533. The molecule has 2 aromatic rings. The maximum Gasteiger partial charge on any atom is 0.253 e. The molecule has 2 heterocycles. The van der Waals surface area contributed by atoms with E-state index in [4.69, 9.17) is 0 Å².